The molecule has 1 unspecified atom stereocenters. The maximum absolute atomic E-state index is 11.6. The summed E-state index contributed by atoms with van der Waals surface area (Å²) in [7, 11) is 0. The fraction of sp³-hybridized carbons (Fsp3) is 0.833. The van der Waals surface area contributed by atoms with Crippen LogP contribution < -0.4 is 0 Å². The lowest BCUT2D eigenvalue weighted by molar-refractivity contribution is -0.140. The van der Waals surface area contributed by atoms with Gasteiger partial charge in [-0.3, -0.25) is 9.59 Å². The van der Waals surface area contributed by atoms with Gasteiger partial charge in [0.25, 0.3) is 0 Å². The van der Waals surface area contributed by atoms with Crippen LogP contribution in [0.1, 0.15) is 40.5 Å². The quantitative estimate of drug-likeness (QED) is 0.654. The van der Waals surface area contributed by atoms with E-state index in [0.717, 1.165) is 6.54 Å². The number of rotatable bonds is 2. The first kappa shape index (κ1) is 12.2. The van der Waals surface area contributed by atoms with Crippen molar-refractivity contribution in [1.29, 1.82) is 0 Å². The third-order valence-electron chi connectivity index (χ3n) is 3.33. The van der Waals surface area contributed by atoms with Crippen LogP contribution in [0.25, 0.3) is 0 Å². The van der Waals surface area contributed by atoms with Crippen LogP contribution >= 0.6 is 0 Å². The highest BCUT2D eigenvalue weighted by Crippen LogP contribution is 2.26. The van der Waals surface area contributed by atoms with Gasteiger partial charge in [-0.05, 0) is 11.3 Å². The molecule has 1 rings (SSSR count). The Hall–Kier alpha value is -0.860. The fourth-order valence-corrected chi connectivity index (χ4v) is 1.55. The zero-order valence-electron chi connectivity index (χ0n) is 10.2. The molecular weight excluding hydrogens is 190 g/mol. The van der Waals surface area contributed by atoms with E-state index in [1.165, 1.54) is 0 Å². The fourth-order valence-electron chi connectivity index (χ4n) is 1.55. The third-order valence-corrected chi connectivity index (χ3v) is 3.33. The molecule has 0 radical (unpaired) electrons. The van der Waals surface area contributed by atoms with E-state index in [-0.39, 0.29) is 23.5 Å². The molecule has 1 heterocycles. The Labute approximate surface area is 91.8 Å². The van der Waals surface area contributed by atoms with Crippen LogP contribution in [0.2, 0.25) is 0 Å². The van der Waals surface area contributed by atoms with Gasteiger partial charge in [0.05, 0.1) is 6.42 Å². The van der Waals surface area contributed by atoms with Crippen LogP contribution in [-0.2, 0) is 9.59 Å². The molecule has 0 bridgehead atoms. The Morgan fingerprint density at radius 2 is 1.93 bits per heavy atom. The van der Waals surface area contributed by atoms with E-state index in [9.17, 15) is 9.59 Å². The maximum atomic E-state index is 11.6. The Bertz CT molecular complexity index is 265. The molecule has 1 fully saturated rings. The molecule has 0 N–H and O–H groups in total. The SMILES string of the molecule is CC(CN1CCC(=O)CC1=O)C(C)(C)C. The van der Waals surface area contributed by atoms with Crippen molar-refractivity contribution in [1.82, 2.24) is 4.90 Å². The van der Waals surface area contributed by atoms with Gasteiger partial charge < -0.3 is 4.90 Å². The Morgan fingerprint density at radius 1 is 1.33 bits per heavy atom. The lowest BCUT2D eigenvalue weighted by Crippen LogP contribution is -2.43. The second-order valence-corrected chi connectivity index (χ2v) is 5.57. The van der Waals surface area contributed by atoms with Crippen molar-refractivity contribution in [3.8, 4) is 0 Å². The Balaban J connectivity index is 2.52. The van der Waals surface area contributed by atoms with Crippen LogP contribution in [0.4, 0.5) is 0 Å². The summed E-state index contributed by atoms with van der Waals surface area (Å²) < 4.78 is 0. The van der Waals surface area contributed by atoms with E-state index in [0.29, 0.717) is 18.9 Å². The first-order valence-electron chi connectivity index (χ1n) is 5.60. The number of ketones is 1. The van der Waals surface area contributed by atoms with Gasteiger partial charge in [-0.2, -0.15) is 0 Å². The van der Waals surface area contributed by atoms with Crippen LogP contribution in [0.3, 0.4) is 0 Å². The zero-order valence-corrected chi connectivity index (χ0v) is 10.2. The van der Waals surface area contributed by atoms with Gasteiger partial charge in [-0.25, -0.2) is 0 Å². The average Bonchev–Trinajstić information content (AvgIpc) is 2.08. The van der Waals surface area contributed by atoms with Gasteiger partial charge >= 0.3 is 0 Å². The van der Waals surface area contributed by atoms with E-state index in [1.807, 2.05) is 4.90 Å². The number of likely N-dealkylation sites (tertiary alicyclic amines) is 1. The summed E-state index contributed by atoms with van der Waals surface area (Å²) in [6.07, 6.45) is 0.638. The van der Waals surface area contributed by atoms with Crippen LogP contribution in [0.5, 0.6) is 0 Å². The van der Waals surface area contributed by atoms with Crippen molar-refractivity contribution >= 4 is 11.7 Å². The highest BCUT2D eigenvalue weighted by atomic mass is 16.2. The van der Waals surface area contributed by atoms with Crippen molar-refractivity contribution in [2.24, 2.45) is 11.3 Å². The van der Waals surface area contributed by atoms with Crippen LogP contribution in [-0.4, -0.2) is 29.7 Å². The lowest BCUT2D eigenvalue weighted by atomic mass is 9.81. The number of carbonyl (C=O) groups is 2. The molecule has 0 spiro atoms. The highest BCUT2D eigenvalue weighted by molar-refractivity contribution is 6.00. The largest absolute Gasteiger partial charge is 0.342 e. The normalized spacial score (nSPS) is 20.7. The Kier molecular flexibility index (Phi) is 3.53. The number of piperidine rings is 1. The number of amides is 1. The molecule has 0 saturated carbocycles. The summed E-state index contributed by atoms with van der Waals surface area (Å²) in [4.78, 5) is 24.5. The molecule has 3 nitrogen and oxygen atoms in total. The summed E-state index contributed by atoms with van der Waals surface area (Å²) in [5.41, 5.74) is 0.210. The summed E-state index contributed by atoms with van der Waals surface area (Å²) in [5.74, 6) is 0.539. The van der Waals surface area contributed by atoms with Crippen LogP contribution in [0.15, 0.2) is 0 Å². The molecule has 1 saturated heterocycles. The molecule has 0 aromatic carbocycles. The number of hydrogen-bond acceptors (Lipinski definition) is 2. The molecule has 3 heteroatoms. The van der Waals surface area contributed by atoms with Crippen molar-refractivity contribution in [2.45, 2.75) is 40.5 Å². The van der Waals surface area contributed by atoms with Crippen molar-refractivity contribution in [3.63, 3.8) is 0 Å². The van der Waals surface area contributed by atoms with Crippen LogP contribution in [0, 0.1) is 11.3 Å². The maximum Gasteiger partial charge on any atom is 0.230 e. The smallest absolute Gasteiger partial charge is 0.230 e. The number of carbonyl (C=O) groups excluding carboxylic acids is 2. The molecule has 1 aliphatic heterocycles. The topological polar surface area (TPSA) is 37.4 Å². The predicted molar refractivity (Wildman–Crippen MR) is 59.4 cm³/mol. The Morgan fingerprint density at radius 3 is 2.40 bits per heavy atom. The summed E-state index contributed by atoms with van der Waals surface area (Å²) in [5, 5.41) is 0. The van der Waals surface area contributed by atoms with E-state index in [4.69, 9.17) is 0 Å². The molecule has 0 aliphatic carbocycles. The van der Waals surface area contributed by atoms with Crippen molar-refractivity contribution < 1.29 is 9.59 Å². The van der Waals surface area contributed by atoms with Gasteiger partial charge in [0, 0.05) is 19.5 Å². The minimum absolute atomic E-state index is 0.00218. The van der Waals surface area contributed by atoms with E-state index >= 15 is 0 Å². The van der Waals surface area contributed by atoms with Gasteiger partial charge in [-0.1, -0.05) is 27.7 Å². The number of nitrogens with zero attached hydrogens (tertiary/aromatic N) is 1. The van der Waals surface area contributed by atoms with Gasteiger partial charge in [-0.15, -0.1) is 0 Å². The summed E-state index contributed by atoms with van der Waals surface area (Å²) in [6.45, 7) is 10.1. The molecule has 1 aliphatic rings. The first-order valence-corrected chi connectivity index (χ1v) is 5.60. The van der Waals surface area contributed by atoms with Gasteiger partial charge in [0.15, 0.2) is 0 Å². The standard InChI is InChI=1S/C12H21NO2/c1-9(12(2,3)4)8-13-6-5-10(14)7-11(13)15/h9H,5-8H2,1-4H3. The summed E-state index contributed by atoms with van der Waals surface area (Å²) >= 11 is 0. The van der Waals surface area contributed by atoms with E-state index in [2.05, 4.69) is 27.7 Å². The molecule has 1 atom stereocenters. The molecule has 0 aromatic rings. The number of hydrogen-bond donors (Lipinski definition) is 0. The molecule has 1 amide bonds. The van der Waals surface area contributed by atoms with Gasteiger partial charge in [0.2, 0.25) is 5.91 Å². The molecule has 15 heavy (non-hydrogen) atoms. The van der Waals surface area contributed by atoms with E-state index in [1.54, 1.807) is 0 Å². The molecule has 0 aromatic heterocycles. The first-order chi connectivity index (χ1) is 6.80. The monoisotopic (exact) mass is 211 g/mol. The lowest BCUT2D eigenvalue weighted by Gasteiger charge is -2.34. The highest BCUT2D eigenvalue weighted by Gasteiger charge is 2.28. The third kappa shape index (κ3) is 3.33. The summed E-state index contributed by atoms with van der Waals surface area (Å²) in [6, 6.07) is 0. The minimum Gasteiger partial charge on any atom is -0.342 e. The second-order valence-electron chi connectivity index (χ2n) is 5.57. The minimum atomic E-state index is 0.00218. The van der Waals surface area contributed by atoms with Crippen molar-refractivity contribution in [3.05, 3.63) is 0 Å². The van der Waals surface area contributed by atoms with E-state index < -0.39 is 0 Å². The van der Waals surface area contributed by atoms with Gasteiger partial charge in [0.1, 0.15) is 5.78 Å². The predicted octanol–water partition coefficient (Wildman–Crippen LogP) is 1.86. The molecule has 86 valence electrons. The zero-order chi connectivity index (χ0) is 11.6. The number of Topliss-reactive ketones (excluding diaryl/α,β-unsaturated/α-hetero) is 1. The van der Waals surface area contributed by atoms with Crippen molar-refractivity contribution in [2.75, 3.05) is 13.1 Å². The average molecular weight is 211 g/mol. The molecular formula is C12H21NO2. The second kappa shape index (κ2) is 4.33.